The van der Waals surface area contributed by atoms with Crippen LogP contribution in [0.3, 0.4) is 0 Å². The summed E-state index contributed by atoms with van der Waals surface area (Å²) < 4.78 is 10.4. The summed E-state index contributed by atoms with van der Waals surface area (Å²) in [7, 11) is 0. The molecule has 0 spiro atoms. The van der Waals surface area contributed by atoms with Crippen LogP contribution in [0.4, 0.5) is 5.69 Å². The van der Waals surface area contributed by atoms with Crippen LogP contribution in [0.1, 0.15) is 23.2 Å². The lowest BCUT2D eigenvalue weighted by Gasteiger charge is -2.07. The fourth-order valence-corrected chi connectivity index (χ4v) is 1.48. The third-order valence-corrected chi connectivity index (χ3v) is 2.66. The smallest absolute Gasteiger partial charge is 0.311 e. The van der Waals surface area contributed by atoms with Crippen molar-refractivity contribution in [2.75, 3.05) is 13.4 Å². The molecule has 0 saturated heterocycles. The number of nitro groups is 1. The van der Waals surface area contributed by atoms with Gasteiger partial charge in [-0.05, 0) is 30.9 Å². The van der Waals surface area contributed by atoms with E-state index in [2.05, 4.69) is 0 Å². The number of hydrogen-bond donors (Lipinski definition) is 0. The van der Waals surface area contributed by atoms with E-state index in [9.17, 15) is 14.9 Å². The molecule has 18 heavy (non-hydrogen) atoms. The van der Waals surface area contributed by atoms with Crippen molar-refractivity contribution in [2.45, 2.75) is 12.8 Å². The first-order valence-corrected chi connectivity index (χ1v) is 5.65. The summed E-state index contributed by atoms with van der Waals surface area (Å²) in [4.78, 5) is 20.8. The highest BCUT2D eigenvalue weighted by atomic mass is 16.7. The van der Waals surface area contributed by atoms with Crippen LogP contribution in [-0.2, 0) is 4.74 Å². The standard InChI is InChI=1S/C12H13NO5/c14-6-10-3-4-12(11(5-10)13(15)16)18-8-17-7-9-1-2-9/h3-6,9H,1-2,7-8H2. The molecule has 0 aliphatic heterocycles. The van der Waals surface area contributed by atoms with Gasteiger partial charge in [-0.3, -0.25) is 14.9 Å². The second kappa shape index (κ2) is 5.59. The Balaban J connectivity index is 1.96. The molecule has 1 aliphatic carbocycles. The van der Waals surface area contributed by atoms with E-state index < -0.39 is 4.92 Å². The Morgan fingerprint density at radius 1 is 1.44 bits per heavy atom. The third-order valence-electron chi connectivity index (χ3n) is 2.66. The minimum Gasteiger partial charge on any atom is -0.460 e. The van der Waals surface area contributed by atoms with Gasteiger partial charge in [0.2, 0.25) is 0 Å². The highest BCUT2D eigenvalue weighted by Crippen LogP contribution is 2.30. The molecule has 1 aromatic rings. The second-order valence-electron chi connectivity index (χ2n) is 4.18. The SMILES string of the molecule is O=Cc1ccc(OCOCC2CC2)c([N+](=O)[O-])c1. The number of nitro benzene ring substituents is 1. The molecule has 0 atom stereocenters. The molecule has 96 valence electrons. The molecule has 1 aliphatic rings. The van der Waals surface area contributed by atoms with Gasteiger partial charge in [-0.2, -0.15) is 0 Å². The maximum absolute atomic E-state index is 10.8. The van der Waals surface area contributed by atoms with Gasteiger partial charge in [-0.25, -0.2) is 0 Å². The van der Waals surface area contributed by atoms with E-state index >= 15 is 0 Å². The Labute approximate surface area is 104 Å². The molecule has 1 fully saturated rings. The van der Waals surface area contributed by atoms with Gasteiger partial charge in [-0.1, -0.05) is 0 Å². The summed E-state index contributed by atoms with van der Waals surface area (Å²) in [5, 5.41) is 10.8. The number of nitrogens with zero attached hydrogens (tertiary/aromatic N) is 1. The molecule has 2 rings (SSSR count). The highest BCUT2D eigenvalue weighted by molar-refractivity contribution is 5.77. The molecule has 0 amide bonds. The van der Waals surface area contributed by atoms with Gasteiger partial charge >= 0.3 is 5.69 Å². The number of aldehydes is 1. The van der Waals surface area contributed by atoms with Crippen LogP contribution in [0, 0.1) is 16.0 Å². The first kappa shape index (κ1) is 12.5. The molecule has 6 nitrogen and oxygen atoms in total. The lowest BCUT2D eigenvalue weighted by atomic mass is 10.2. The molecule has 0 unspecified atom stereocenters. The molecule has 0 heterocycles. The summed E-state index contributed by atoms with van der Waals surface area (Å²) in [6, 6.07) is 4.06. The molecule has 0 aromatic heterocycles. The van der Waals surface area contributed by atoms with E-state index in [0.717, 1.165) is 0 Å². The van der Waals surface area contributed by atoms with Crippen molar-refractivity contribution in [3.63, 3.8) is 0 Å². The summed E-state index contributed by atoms with van der Waals surface area (Å²) in [5.74, 6) is 0.724. The molecule has 0 N–H and O–H groups in total. The minimum atomic E-state index is -0.580. The van der Waals surface area contributed by atoms with Gasteiger partial charge in [0.15, 0.2) is 12.5 Å². The Hall–Kier alpha value is -1.95. The van der Waals surface area contributed by atoms with Crippen LogP contribution in [0.2, 0.25) is 0 Å². The van der Waals surface area contributed by atoms with E-state index in [4.69, 9.17) is 9.47 Å². The quantitative estimate of drug-likeness (QED) is 0.244. The number of rotatable bonds is 7. The highest BCUT2D eigenvalue weighted by Gasteiger charge is 2.21. The third kappa shape index (κ3) is 3.27. The Morgan fingerprint density at radius 2 is 2.22 bits per heavy atom. The lowest BCUT2D eigenvalue weighted by molar-refractivity contribution is -0.386. The zero-order valence-corrected chi connectivity index (χ0v) is 9.70. The second-order valence-corrected chi connectivity index (χ2v) is 4.18. The fourth-order valence-electron chi connectivity index (χ4n) is 1.48. The van der Waals surface area contributed by atoms with Crippen LogP contribution in [0.25, 0.3) is 0 Å². The van der Waals surface area contributed by atoms with Crippen molar-refractivity contribution < 1.29 is 19.2 Å². The van der Waals surface area contributed by atoms with E-state index in [-0.39, 0.29) is 23.8 Å². The zero-order chi connectivity index (χ0) is 13.0. The van der Waals surface area contributed by atoms with Crippen molar-refractivity contribution in [1.29, 1.82) is 0 Å². The summed E-state index contributed by atoms with van der Waals surface area (Å²) in [5.41, 5.74) is 0.0163. The Bertz CT molecular complexity index is 456. The first-order valence-electron chi connectivity index (χ1n) is 5.65. The predicted octanol–water partition coefficient (Wildman–Crippen LogP) is 2.17. The number of benzene rings is 1. The average molecular weight is 251 g/mol. The Morgan fingerprint density at radius 3 is 2.83 bits per heavy atom. The van der Waals surface area contributed by atoms with Gasteiger partial charge in [0.1, 0.15) is 6.29 Å². The normalized spacial score (nSPS) is 14.2. The van der Waals surface area contributed by atoms with Gasteiger partial charge in [-0.15, -0.1) is 0 Å². The molecule has 1 aromatic carbocycles. The molecule has 6 heteroatoms. The Kier molecular flexibility index (Phi) is 3.88. The molecule has 0 bridgehead atoms. The summed E-state index contributed by atoms with van der Waals surface area (Å²) in [6.45, 7) is 0.609. The lowest BCUT2D eigenvalue weighted by Crippen LogP contribution is -2.06. The van der Waals surface area contributed by atoms with E-state index in [0.29, 0.717) is 18.8 Å². The predicted molar refractivity (Wildman–Crippen MR) is 62.7 cm³/mol. The summed E-state index contributed by atoms with van der Waals surface area (Å²) in [6.07, 6.45) is 2.91. The van der Waals surface area contributed by atoms with Crippen LogP contribution in [0.5, 0.6) is 5.75 Å². The van der Waals surface area contributed by atoms with Crippen molar-refractivity contribution in [3.05, 3.63) is 33.9 Å². The summed E-state index contributed by atoms with van der Waals surface area (Å²) >= 11 is 0. The van der Waals surface area contributed by atoms with Crippen molar-refractivity contribution in [1.82, 2.24) is 0 Å². The monoisotopic (exact) mass is 251 g/mol. The van der Waals surface area contributed by atoms with Crippen molar-refractivity contribution in [3.8, 4) is 5.75 Å². The van der Waals surface area contributed by atoms with Gasteiger partial charge in [0.25, 0.3) is 0 Å². The van der Waals surface area contributed by atoms with E-state index in [1.165, 1.54) is 31.0 Å². The molecular formula is C12H13NO5. The molecular weight excluding hydrogens is 238 g/mol. The van der Waals surface area contributed by atoms with Crippen molar-refractivity contribution in [2.24, 2.45) is 5.92 Å². The van der Waals surface area contributed by atoms with Gasteiger partial charge in [0, 0.05) is 11.6 Å². The minimum absolute atomic E-state index is 0.0161. The van der Waals surface area contributed by atoms with Gasteiger partial charge in [0.05, 0.1) is 11.5 Å². The molecule has 1 saturated carbocycles. The first-order chi connectivity index (χ1) is 8.70. The molecule has 0 radical (unpaired) electrons. The van der Waals surface area contributed by atoms with Crippen molar-refractivity contribution >= 4 is 12.0 Å². The van der Waals surface area contributed by atoms with Crippen LogP contribution < -0.4 is 4.74 Å². The van der Waals surface area contributed by atoms with E-state index in [1.807, 2.05) is 0 Å². The topological polar surface area (TPSA) is 78.7 Å². The number of carbonyl (C=O) groups is 1. The largest absolute Gasteiger partial charge is 0.460 e. The zero-order valence-electron chi connectivity index (χ0n) is 9.70. The maximum Gasteiger partial charge on any atom is 0.311 e. The average Bonchev–Trinajstić information content (AvgIpc) is 3.18. The van der Waals surface area contributed by atoms with Crippen LogP contribution >= 0.6 is 0 Å². The number of ether oxygens (including phenoxy) is 2. The fraction of sp³-hybridized carbons (Fsp3) is 0.417. The number of hydrogen-bond acceptors (Lipinski definition) is 5. The van der Waals surface area contributed by atoms with Crippen LogP contribution in [-0.4, -0.2) is 24.6 Å². The van der Waals surface area contributed by atoms with Gasteiger partial charge < -0.3 is 9.47 Å². The van der Waals surface area contributed by atoms with E-state index in [1.54, 1.807) is 0 Å². The number of carbonyl (C=O) groups excluding carboxylic acids is 1. The van der Waals surface area contributed by atoms with Crippen LogP contribution in [0.15, 0.2) is 18.2 Å². The maximum atomic E-state index is 10.8.